The molecule has 198 valence electrons. The Kier molecular flexibility index (Phi) is 7.93. The summed E-state index contributed by atoms with van der Waals surface area (Å²) in [5.41, 5.74) is -0.801. The van der Waals surface area contributed by atoms with Gasteiger partial charge < -0.3 is 20.8 Å². The van der Waals surface area contributed by atoms with Crippen LogP contribution >= 0.6 is 31.9 Å². The van der Waals surface area contributed by atoms with E-state index < -0.39 is 35.6 Å². The zero-order valence-corrected chi connectivity index (χ0v) is 22.8. The lowest BCUT2D eigenvalue weighted by Crippen LogP contribution is -2.29. The molecule has 0 unspecified atom stereocenters. The fourth-order valence-corrected chi connectivity index (χ4v) is 4.58. The lowest BCUT2D eigenvalue weighted by Gasteiger charge is -2.17. The largest absolute Gasteiger partial charge is 0.478 e. The molecule has 1 fully saturated rings. The van der Waals surface area contributed by atoms with E-state index in [-0.39, 0.29) is 52.2 Å². The Bertz CT molecular complexity index is 1480. The molecule has 4 amide bonds. The molecule has 13 heteroatoms. The lowest BCUT2D eigenvalue weighted by atomic mass is 10.1. The summed E-state index contributed by atoms with van der Waals surface area (Å²) in [5, 5.41) is 24.0. The van der Waals surface area contributed by atoms with E-state index in [9.17, 15) is 39.0 Å². The molecule has 1 saturated heterocycles. The minimum Gasteiger partial charge on any atom is -0.478 e. The molecule has 3 aromatic rings. The van der Waals surface area contributed by atoms with Crippen molar-refractivity contribution in [1.82, 2.24) is 0 Å². The minimum absolute atomic E-state index is 0.0265. The SMILES string of the molecule is O=C(Nc1ccc(Br)cc1C(=O)O)c1cc(C(=O)Nc2ccc(Br)cc2C(=O)O)cc(N2C(=O)CCC2=O)c1. The van der Waals surface area contributed by atoms with E-state index in [1.807, 2.05) is 0 Å². The van der Waals surface area contributed by atoms with Gasteiger partial charge in [-0.3, -0.25) is 24.1 Å². The average molecular weight is 659 g/mol. The number of halogens is 2. The number of carbonyl (C=O) groups excluding carboxylic acids is 4. The molecule has 3 aromatic carbocycles. The number of nitrogens with zero attached hydrogens (tertiary/aromatic N) is 1. The second kappa shape index (κ2) is 11.2. The summed E-state index contributed by atoms with van der Waals surface area (Å²) in [6, 6.07) is 12.0. The van der Waals surface area contributed by atoms with Crippen molar-refractivity contribution in [3.05, 3.63) is 85.8 Å². The number of carboxylic acid groups (broad SMARTS) is 2. The molecule has 11 nitrogen and oxygen atoms in total. The molecule has 0 atom stereocenters. The van der Waals surface area contributed by atoms with Crippen molar-refractivity contribution in [3.8, 4) is 0 Å². The number of nitrogens with one attached hydrogen (secondary N) is 2. The van der Waals surface area contributed by atoms with Gasteiger partial charge in [0, 0.05) is 32.9 Å². The first-order chi connectivity index (χ1) is 18.4. The predicted molar refractivity (Wildman–Crippen MR) is 146 cm³/mol. The third-order valence-electron chi connectivity index (χ3n) is 5.67. The second-order valence-corrected chi connectivity index (χ2v) is 10.1. The third-order valence-corrected chi connectivity index (χ3v) is 6.66. The van der Waals surface area contributed by atoms with Gasteiger partial charge in [-0.25, -0.2) is 9.59 Å². The molecule has 0 aromatic heterocycles. The number of carboxylic acids is 2. The maximum Gasteiger partial charge on any atom is 0.337 e. The Balaban J connectivity index is 1.75. The van der Waals surface area contributed by atoms with Crippen LogP contribution in [0.1, 0.15) is 54.3 Å². The van der Waals surface area contributed by atoms with Crippen LogP contribution in [0.15, 0.2) is 63.5 Å². The Morgan fingerprint density at radius 3 is 1.46 bits per heavy atom. The van der Waals surface area contributed by atoms with Crippen LogP contribution in [0.5, 0.6) is 0 Å². The van der Waals surface area contributed by atoms with Gasteiger partial charge in [0.05, 0.1) is 28.2 Å². The average Bonchev–Trinajstić information content (AvgIpc) is 3.23. The fraction of sp³-hybridized carbons (Fsp3) is 0.0769. The third kappa shape index (κ3) is 6.04. The highest BCUT2D eigenvalue weighted by Gasteiger charge is 2.31. The Morgan fingerprint density at radius 2 is 1.08 bits per heavy atom. The number of aromatic carboxylic acids is 2. The van der Waals surface area contributed by atoms with Gasteiger partial charge in [0.15, 0.2) is 0 Å². The highest BCUT2D eigenvalue weighted by Crippen LogP contribution is 2.28. The monoisotopic (exact) mass is 657 g/mol. The molecule has 1 aliphatic rings. The summed E-state index contributed by atoms with van der Waals surface area (Å²) in [6.07, 6.45) is -0.0863. The summed E-state index contributed by atoms with van der Waals surface area (Å²) in [5.74, 6) is -5.26. The molecule has 0 bridgehead atoms. The highest BCUT2D eigenvalue weighted by atomic mass is 79.9. The van der Waals surface area contributed by atoms with Crippen LogP contribution in [0.25, 0.3) is 0 Å². The van der Waals surface area contributed by atoms with Crippen molar-refractivity contribution in [2.45, 2.75) is 12.8 Å². The Hall–Kier alpha value is -4.36. The number of hydrogen-bond donors (Lipinski definition) is 4. The summed E-state index contributed by atoms with van der Waals surface area (Å²) in [6.45, 7) is 0. The molecule has 0 radical (unpaired) electrons. The van der Waals surface area contributed by atoms with Gasteiger partial charge in [-0.15, -0.1) is 0 Å². The van der Waals surface area contributed by atoms with Gasteiger partial charge in [-0.2, -0.15) is 0 Å². The molecule has 1 aliphatic heterocycles. The van der Waals surface area contributed by atoms with Crippen molar-refractivity contribution in [1.29, 1.82) is 0 Å². The first kappa shape index (κ1) is 27.7. The zero-order valence-electron chi connectivity index (χ0n) is 19.7. The van der Waals surface area contributed by atoms with Crippen molar-refractivity contribution in [2.24, 2.45) is 0 Å². The van der Waals surface area contributed by atoms with Gasteiger partial charge in [-0.1, -0.05) is 31.9 Å². The quantitative estimate of drug-likeness (QED) is 0.263. The number of carbonyl (C=O) groups is 6. The van der Waals surface area contributed by atoms with E-state index in [0.29, 0.717) is 8.95 Å². The van der Waals surface area contributed by atoms with Crippen LogP contribution < -0.4 is 15.5 Å². The maximum atomic E-state index is 13.2. The smallest absolute Gasteiger partial charge is 0.337 e. The molecular weight excluding hydrogens is 642 g/mol. The van der Waals surface area contributed by atoms with E-state index >= 15 is 0 Å². The zero-order chi connectivity index (χ0) is 28.4. The predicted octanol–water partition coefficient (Wildman–Crippen LogP) is 4.77. The van der Waals surface area contributed by atoms with Crippen molar-refractivity contribution < 1.29 is 39.0 Å². The number of benzene rings is 3. The number of rotatable bonds is 7. The maximum absolute atomic E-state index is 13.2. The van der Waals surface area contributed by atoms with E-state index in [2.05, 4.69) is 42.5 Å². The molecule has 0 spiro atoms. The van der Waals surface area contributed by atoms with Crippen LogP contribution in [0, 0.1) is 0 Å². The minimum atomic E-state index is -1.29. The molecule has 0 saturated carbocycles. The molecular formula is C26H17Br2N3O8. The van der Waals surface area contributed by atoms with Crippen LogP contribution in [-0.2, 0) is 9.59 Å². The molecule has 1 heterocycles. The van der Waals surface area contributed by atoms with Gasteiger partial charge >= 0.3 is 11.9 Å². The van der Waals surface area contributed by atoms with Crippen molar-refractivity contribution in [3.63, 3.8) is 0 Å². The van der Waals surface area contributed by atoms with Crippen molar-refractivity contribution >= 4 is 84.5 Å². The molecule has 0 aliphatic carbocycles. The van der Waals surface area contributed by atoms with Gasteiger partial charge in [0.25, 0.3) is 11.8 Å². The van der Waals surface area contributed by atoms with Crippen LogP contribution in [0.4, 0.5) is 17.1 Å². The van der Waals surface area contributed by atoms with E-state index in [1.165, 1.54) is 54.6 Å². The van der Waals surface area contributed by atoms with Crippen molar-refractivity contribution in [2.75, 3.05) is 15.5 Å². The van der Waals surface area contributed by atoms with E-state index in [1.54, 1.807) is 0 Å². The topological polar surface area (TPSA) is 170 Å². The highest BCUT2D eigenvalue weighted by molar-refractivity contribution is 9.10. The normalized spacial score (nSPS) is 12.8. The van der Waals surface area contributed by atoms with Crippen LogP contribution in [0.2, 0.25) is 0 Å². The van der Waals surface area contributed by atoms with E-state index in [0.717, 1.165) is 4.90 Å². The van der Waals surface area contributed by atoms with Crippen LogP contribution in [0.3, 0.4) is 0 Å². The van der Waals surface area contributed by atoms with Gasteiger partial charge in [-0.05, 0) is 54.6 Å². The lowest BCUT2D eigenvalue weighted by molar-refractivity contribution is -0.121. The van der Waals surface area contributed by atoms with Gasteiger partial charge in [0.2, 0.25) is 11.8 Å². The number of hydrogen-bond acceptors (Lipinski definition) is 6. The molecule has 4 N–H and O–H groups in total. The fourth-order valence-electron chi connectivity index (χ4n) is 3.86. The second-order valence-electron chi connectivity index (χ2n) is 8.29. The summed E-state index contributed by atoms with van der Waals surface area (Å²) < 4.78 is 0.942. The standard InChI is InChI=1S/C26H17Br2N3O8/c27-14-1-3-19(17(10-14)25(36)37)29-23(34)12-7-13(9-16(8-12)31-21(32)5-6-22(31)33)24(35)30-20-4-2-15(28)11-18(20)26(38)39/h1-4,7-11H,5-6H2,(H,29,34)(H,30,35)(H,36,37)(H,38,39). The molecule has 4 rings (SSSR count). The first-order valence-electron chi connectivity index (χ1n) is 11.1. The number of anilines is 3. The molecule has 39 heavy (non-hydrogen) atoms. The van der Waals surface area contributed by atoms with Crippen LogP contribution in [-0.4, -0.2) is 45.8 Å². The summed E-state index contributed by atoms with van der Waals surface area (Å²) in [7, 11) is 0. The number of amides is 4. The number of imide groups is 1. The van der Waals surface area contributed by atoms with Gasteiger partial charge in [0.1, 0.15) is 0 Å². The summed E-state index contributed by atoms with van der Waals surface area (Å²) in [4.78, 5) is 75.4. The van der Waals surface area contributed by atoms with E-state index in [4.69, 9.17) is 0 Å². The first-order valence-corrected chi connectivity index (χ1v) is 12.7. The Labute approximate surface area is 237 Å². The summed E-state index contributed by atoms with van der Waals surface area (Å²) >= 11 is 6.35. The Morgan fingerprint density at radius 1 is 0.667 bits per heavy atom.